The maximum Gasteiger partial charge on any atom is 0.410 e. The number of amides is 1. The summed E-state index contributed by atoms with van der Waals surface area (Å²) < 4.78 is 24.0. The molecule has 2 unspecified atom stereocenters. The van der Waals surface area contributed by atoms with Gasteiger partial charge in [-0.2, -0.15) is 0 Å². The molecule has 0 aliphatic carbocycles. The van der Waals surface area contributed by atoms with Gasteiger partial charge in [-0.25, -0.2) is 9.18 Å². The molecule has 0 saturated carbocycles. The van der Waals surface area contributed by atoms with Gasteiger partial charge in [-0.15, -0.1) is 0 Å². The van der Waals surface area contributed by atoms with E-state index in [9.17, 15) is 14.3 Å². The molecule has 1 aromatic rings. The van der Waals surface area contributed by atoms with Gasteiger partial charge in [-0.05, 0) is 26.8 Å². The summed E-state index contributed by atoms with van der Waals surface area (Å²) in [5, 5.41) is 10.5. The predicted molar refractivity (Wildman–Crippen MR) is 76.7 cm³/mol. The summed E-state index contributed by atoms with van der Waals surface area (Å²) >= 11 is 0. The Hall–Kier alpha value is -1.73. The first kappa shape index (κ1) is 16.6. The normalized spacial score (nSPS) is 20.6. The standard InChI is InChI=1S/C15H21FN2O4/c1-15(2,3)22-14(20)18-4-5-21-9-12(18)13(19)10-6-11(16)8-17-7-10/h6-8,12-13,19H,4-5,9H2,1-3H3. The molecule has 0 aromatic carbocycles. The van der Waals surface area contributed by atoms with Gasteiger partial charge in [-0.3, -0.25) is 9.88 Å². The van der Waals surface area contributed by atoms with E-state index in [0.717, 1.165) is 6.20 Å². The Morgan fingerprint density at radius 1 is 1.55 bits per heavy atom. The number of carbonyl (C=O) groups excluding carboxylic acids is 1. The fourth-order valence-corrected chi connectivity index (χ4v) is 2.24. The van der Waals surface area contributed by atoms with Crippen LogP contribution in [0.3, 0.4) is 0 Å². The van der Waals surface area contributed by atoms with Gasteiger partial charge in [0.15, 0.2) is 0 Å². The number of aromatic nitrogens is 1. The van der Waals surface area contributed by atoms with Gasteiger partial charge in [0, 0.05) is 18.3 Å². The number of hydrogen-bond acceptors (Lipinski definition) is 5. The lowest BCUT2D eigenvalue weighted by molar-refractivity contribution is -0.0673. The van der Waals surface area contributed by atoms with E-state index in [1.165, 1.54) is 17.2 Å². The van der Waals surface area contributed by atoms with Gasteiger partial charge in [0.1, 0.15) is 17.5 Å². The second-order valence-electron chi connectivity index (χ2n) is 6.20. The molecule has 1 saturated heterocycles. The molecule has 0 radical (unpaired) electrons. The van der Waals surface area contributed by atoms with Crippen LogP contribution in [0.4, 0.5) is 9.18 Å². The van der Waals surface area contributed by atoms with Gasteiger partial charge in [0.25, 0.3) is 0 Å². The van der Waals surface area contributed by atoms with Crippen molar-refractivity contribution >= 4 is 6.09 Å². The minimum absolute atomic E-state index is 0.150. The summed E-state index contributed by atoms with van der Waals surface area (Å²) in [6.07, 6.45) is 0.801. The number of nitrogens with zero attached hydrogens (tertiary/aromatic N) is 2. The zero-order valence-corrected chi connectivity index (χ0v) is 13.0. The van der Waals surface area contributed by atoms with Crippen LogP contribution >= 0.6 is 0 Å². The minimum Gasteiger partial charge on any atom is -0.444 e. The third-order valence-corrected chi connectivity index (χ3v) is 3.23. The molecule has 0 bridgehead atoms. The lowest BCUT2D eigenvalue weighted by atomic mass is 10.0. The average molecular weight is 312 g/mol. The van der Waals surface area contributed by atoms with E-state index in [0.29, 0.717) is 18.7 Å². The van der Waals surface area contributed by atoms with Crippen molar-refractivity contribution in [3.05, 3.63) is 29.8 Å². The van der Waals surface area contributed by atoms with Gasteiger partial charge in [0.05, 0.1) is 25.5 Å². The molecule has 0 spiro atoms. The third kappa shape index (κ3) is 4.14. The molecule has 1 aliphatic rings. The number of morpholine rings is 1. The van der Waals surface area contributed by atoms with Crippen molar-refractivity contribution in [2.75, 3.05) is 19.8 Å². The quantitative estimate of drug-likeness (QED) is 0.903. The molecule has 2 rings (SSSR count). The summed E-state index contributed by atoms with van der Waals surface area (Å²) in [5.74, 6) is -0.544. The summed E-state index contributed by atoms with van der Waals surface area (Å²) in [6, 6.07) is 0.548. The van der Waals surface area contributed by atoms with Crippen molar-refractivity contribution in [3.63, 3.8) is 0 Å². The van der Waals surface area contributed by atoms with Crippen LogP contribution < -0.4 is 0 Å². The highest BCUT2D eigenvalue weighted by Crippen LogP contribution is 2.25. The van der Waals surface area contributed by atoms with Crippen molar-refractivity contribution in [1.29, 1.82) is 0 Å². The second-order valence-corrected chi connectivity index (χ2v) is 6.20. The van der Waals surface area contributed by atoms with Crippen LogP contribution in [0.5, 0.6) is 0 Å². The van der Waals surface area contributed by atoms with Gasteiger partial charge in [0.2, 0.25) is 0 Å². The molecule has 1 N–H and O–H groups in total. The first-order valence-corrected chi connectivity index (χ1v) is 7.14. The van der Waals surface area contributed by atoms with Crippen molar-refractivity contribution in [3.8, 4) is 0 Å². The Bertz CT molecular complexity index is 533. The number of pyridine rings is 1. The molecular weight excluding hydrogens is 291 g/mol. The number of aliphatic hydroxyl groups is 1. The Kier molecular flexibility index (Phi) is 4.97. The smallest absolute Gasteiger partial charge is 0.410 e. The van der Waals surface area contributed by atoms with E-state index in [2.05, 4.69) is 4.98 Å². The zero-order valence-electron chi connectivity index (χ0n) is 13.0. The molecule has 122 valence electrons. The summed E-state index contributed by atoms with van der Waals surface area (Å²) in [7, 11) is 0. The van der Waals surface area contributed by atoms with Gasteiger partial charge in [-0.1, -0.05) is 0 Å². The van der Waals surface area contributed by atoms with Crippen LogP contribution in [-0.2, 0) is 9.47 Å². The third-order valence-electron chi connectivity index (χ3n) is 3.23. The number of halogens is 1. The number of carbonyl (C=O) groups is 1. The largest absolute Gasteiger partial charge is 0.444 e. The fraction of sp³-hybridized carbons (Fsp3) is 0.600. The number of rotatable bonds is 2. The molecule has 1 amide bonds. The van der Waals surface area contributed by atoms with Gasteiger partial charge < -0.3 is 14.6 Å². The van der Waals surface area contributed by atoms with Crippen LogP contribution in [-0.4, -0.2) is 52.5 Å². The van der Waals surface area contributed by atoms with Crippen LogP contribution in [0.15, 0.2) is 18.5 Å². The van der Waals surface area contributed by atoms with Crippen LogP contribution in [0.25, 0.3) is 0 Å². The van der Waals surface area contributed by atoms with Crippen molar-refractivity contribution in [2.24, 2.45) is 0 Å². The van der Waals surface area contributed by atoms with E-state index in [1.54, 1.807) is 20.8 Å². The van der Waals surface area contributed by atoms with Crippen molar-refractivity contribution in [2.45, 2.75) is 38.5 Å². The Morgan fingerprint density at radius 3 is 2.91 bits per heavy atom. The number of hydrogen-bond donors (Lipinski definition) is 1. The highest BCUT2D eigenvalue weighted by Gasteiger charge is 2.36. The van der Waals surface area contributed by atoms with Crippen molar-refractivity contribution < 1.29 is 23.8 Å². The molecule has 22 heavy (non-hydrogen) atoms. The molecule has 1 aliphatic heterocycles. The highest BCUT2D eigenvalue weighted by molar-refractivity contribution is 5.68. The summed E-state index contributed by atoms with van der Waals surface area (Å²) in [6.45, 7) is 6.13. The molecule has 2 heterocycles. The number of ether oxygens (including phenoxy) is 2. The average Bonchev–Trinajstić information content (AvgIpc) is 2.44. The molecule has 1 aromatic heterocycles. The lowest BCUT2D eigenvalue weighted by Gasteiger charge is -2.38. The van der Waals surface area contributed by atoms with Crippen LogP contribution in [0.1, 0.15) is 32.4 Å². The summed E-state index contributed by atoms with van der Waals surface area (Å²) in [4.78, 5) is 17.4. The molecular formula is C15H21FN2O4. The van der Waals surface area contributed by atoms with E-state index >= 15 is 0 Å². The maximum absolute atomic E-state index is 13.3. The first-order valence-electron chi connectivity index (χ1n) is 7.14. The molecule has 1 fully saturated rings. The Morgan fingerprint density at radius 2 is 2.27 bits per heavy atom. The lowest BCUT2D eigenvalue weighted by Crippen LogP contribution is -2.52. The Labute approximate surface area is 128 Å². The summed E-state index contributed by atoms with van der Waals surface area (Å²) in [5.41, 5.74) is -0.338. The number of aliphatic hydroxyl groups excluding tert-OH is 1. The second kappa shape index (κ2) is 6.58. The van der Waals surface area contributed by atoms with Crippen molar-refractivity contribution in [1.82, 2.24) is 9.88 Å². The Balaban J connectivity index is 2.17. The SMILES string of the molecule is CC(C)(C)OC(=O)N1CCOCC1C(O)c1cncc(F)c1. The van der Waals surface area contributed by atoms with Gasteiger partial charge >= 0.3 is 6.09 Å². The van der Waals surface area contributed by atoms with E-state index in [1.807, 2.05) is 0 Å². The van der Waals surface area contributed by atoms with E-state index in [-0.39, 0.29) is 6.61 Å². The van der Waals surface area contributed by atoms with Crippen LogP contribution in [0.2, 0.25) is 0 Å². The van der Waals surface area contributed by atoms with E-state index in [4.69, 9.17) is 9.47 Å². The molecule has 2 atom stereocenters. The topological polar surface area (TPSA) is 71.9 Å². The minimum atomic E-state index is -1.10. The monoisotopic (exact) mass is 312 g/mol. The van der Waals surface area contributed by atoms with E-state index < -0.39 is 29.7 Å². The highest BCUT2D eigenvalue weighted by atomic mass is 19.1. The zero-order chi connectivity index (χ0) is 16.3. The molecule has 6 nitrogen and oxygen atoms in total. The first-order chi connectivity index (χ1) is 10.3. The fourth-order valence-electron chi connectivity index (χ4n) is 2.24. The van der Waals surface area contributed by atoms with Crippen LogP contribution in [0, 0.1) is 5.82 Å². The predicted octanol–water partition coefficient (Wildman–Crippen LogP) is 1.89. The molecule has 7 heteroatoms. The maximum atomic E-state index is 13.3.